The predicted molar refractivity (Wildman–Crippen MR) is 52.6 cm³/mol. The van der Waals surface area contributed by atoms with Crippen molar-refractivity contribution >= 4 is 0 Å². The summed E-state index contributed by atoms with van der Waals surface area (Å²) in [6, 6.07) is 4.95. The highest BCUT2D eigenvalue weighted by Crippen LogP contribution is 2.41. The first kappa shape index (κ1) is 9.46. The minimum atomic E-state index is -0.311. The first-order valence-electron chi connectivity index (χ1n) is 4.82. The maximum Gasteiger partial charge on any atom is 0.169 e. The summed E-state index contributed by atoms with van der Waals surface area (Å²) in [4.78, 5) is 0. The van der Waals surface area contributed by atoms with Crippen molar-refractivity contribution in [2.24, 2.45) is 11.7 Å². The molecule has 2 N–H and O–H groups in total. The molecule has 0 amide bonds. The minimum Gasteiger partial charge on any atom is -0.494 e. The summed E-state index contributed by atoms with van der Waals surface area (Å²) < 4.78 is 18.6. The van der Waals surface area contributed by atoms with Crippen LogP contribution in [-0.4, -0.2) is 7.11 Å². The van der Waals surface area contributed by atoms with E-state index in [1.807, 2.05) is 0 Å². The molecule has 1 aliphatic carbocycles. The second-order valence-corrected chi connectivity index (χ2v) is 3.73. The molecule has 0 aromatic heterocycles. The van der Waals surface area contributed by atoms with Crippen LogP contribution in [0.1, 0.15) is 24.4 Å². The fourth-order valence-corrected chi connectivity index (χ4v) is 1.65. The Labute approximate surface area is 82.9 Å². The summed E-state index contributed by atoms with van der Waals surface area (Å²) in [6.45, 7) is 0. The van der Waals surface area contributed by atoms with E-state index < -0.39 is 0 Å². The van der Waals surface area contributed by atoms with E-state index in [-0.39, 0.29) is 17.6 Å². The van der Waals surface area contributed by atoms with Gasteiger partial charge in [0.15, 0.2) is 11.6 Å². The smallest absolute Gasteiger partial charge is 0.169 e. The Balaban J connectivity index is 2.31. The van der Waals surface area contributed by atoms with E-state index in [1.165, 1.54) is 7.11 Å². The Morgan fingerprint density at radius 3 is 2.79 bits per heavy atom. The molecule has 1 atom stereocenters. The molecule has 3 heteroatoms. The van der Waals surface area contributed by atoms with Crippen molar-refractivity contribution in [3.8, 4) is 5.75 Å². The van der Waals surface area contributed by atoms with Gasteiger partial charge in [-0.2, -0.15) is 0 Å². The number of hydrogen-bond acceptors (Lipinski definition) is 2. The Kier molecular flexibility index (Phi) is 2.42. The Hall–Kier alpha value is -1.09. The van der Waals surface area contributed by atoms with Crippen LogP contribution in [0.15, 0.2) is 18.2 Å². The monoisotopic (exact) mass is 195 g/mol. The highest BCUT2D eigenvalue weighted by Gasteiger charge is 2.31. The van der Waals surface area contributed by atoms with Gasteiger partial charge in [0, 0.05) is 11.6 Å². The van der Waals surface area contributed by atoms with Gasteiger partial charge in [-0.3, -0.25) is 0 Å². The van der Waals surface area contributed by atoms with Gasteiger partial charge >= 0.3 is 0 Å². The lowest BCUT2D eigenvalue weighted by Gasteiger charge is -2.13. The number of rotatable bonds is 3. The number of ether oxygens (including phenoxy) is 1. The topological polar surface area (TPSA) is 35.2 Å². The number of nitrogens with two attached hydrogens (primary N) is 1. The van der Waals surface area contributed by atoms with Gasteiger partial charge in [0.05, 0.1) is 7.11 Å². The summed E-state index contributed by atoms with van der Waals surface area (Å²) in [5, 5.41) is 0. The Bertz CT molecular complexity index is 336. The second kappa shape index (κ2) is 3.58. The third-order valence-electron chi connectivity index (χ3n) is 2.70. The average Bonchev–Trinajstić information content (AvgIpc) is 3.00. The molecule has 0 heterocycles. The van der Waals surface area contributed by atoms with Crippen molar-refractivity contribution in [1.82, 2.24) is 0 Å². The number of hydrogen-bond donors (Lipinski definition) is 1. The van der Waals surface area contributed by atoms with E-state index in [1.54, 1.807) is 18.2 Å². The molecule has 1 fully saturated rings. The van der Waals surface area contributed by atoms with Gasteiger partial charge in [-0.05, 0) is 24.8 Å². The quantitative estimate of drug-likeness (QED) is 0.802. The zero-order valence-corrected chi connectivity index (χ0v) is 8.16. The van der Waals surface area contributed by atoms with E-state index in [4.69, 9.17) is 10.5 Å². The van der Waals surface area contributed by atoms with Crippen LogP contribution in [0.2, 0.25) is 0 Å². The van der Waals surface area contributed by atoms with Crippen LogP contribution in [0, 0.1) is 11.7 Å². The molecule has 1 aromatic carbocycles. The molecule has 0 radical (unpaired) electrons. The Morgan fingerprint density at radius 2 is 2.21 bits per heavy atom. The molecule has 0 saturated heterocycles. The summed E-state index contributed by atoms with van der Waals surface area (Å²) in [7, 11) is 1.46. The lowest BCUT2D eigenvalue weighted by Crippen LogP contribution is -2.14. The maximum absolute atomic E-state index is 13.7. The van der Waals surface area contributed by atoms with Crippen molar-refractivity contribution in [2.75, 3.05) is 7.11 Å². The van der Waals surface area contributed by atoms with Crippen molar-refractivity contribution in [3.05, 3.63) is 29.6 Å². The van der Waals surface area contributed by atoms with Gasteiger partial charge in [-0.15, -0.1) is 0 Å². The SMILES string of the molecule is COc1cccc(C(N)C2CC2)c1F. The van der Waals surface area contributed by atoms with Crippen LogP contribution < -0.4 is 10.5 Å². The number of benzene rings is 1. The third kappa shape index (κ3) is 1.60. The van der Waals surface area contributed by atoms with Crippen LogP contribution in [0.3, 0.4) is 0 Å². The van der Waals surface area contributed by atoms with E-state index in [0.717, 1.165) is 12.8 Å². The molecular weight excluding hydrogens is 181 g/mol. The zero-order chi connectivity index (χ0) is 10.1. The maximum atomic E-state index is 13.7. The first-order chi connectivity index (χ1) is 6.74. The van der Waals surface area contributed by atoms with Gasteiger partial charge in [-0.25, -0.2) is 4.39 Å². The van der Waals surface area contributed by atoms with E-state index in [0.29, 0.717) is 11.5 Å². The summed E-state index contributed by atoms with van der Waals surface area (Å²) in [6.07, 6.45) is 2.22. The van der Waals surface area contributed by atoms with Crippen LogP contribution >= 0.6 is 0 Å². The van der Waals surface area contributed by atoms with Crippen LogP contribution in [0.25, 0.3) is 0 Å². The minimum absolute atomic E-state index is 0.176. The molecule has 1 unspecified atom stereocenters. The van der Waals surface area contributed by atoms with Crippen molar-refractivity contribution < 1.29 is 9.13 Å². The summed E-state index contributed by atoms with van der Waals surface area (Å²) >= 11 is 0. The lowest BCUT2D eigenvalue weighted by atomic mass is 10.0. The third-order valence-corrected chi connectivity index (χ3v) is 2.70. The molecule has 0 spiro atoms. The normalized spacial score (nSPS) is 17.9. The fraction of sp³-hybridized carbons (Fsp3) is 0.455. The first-order valence-corrected chi connectivity index (χ1v) is 4.82. The molecule has 2 rings (SSSR count). The lowest BCUT2D eigenvalue weighted by molar-refractivity contribution is 0.381. The molecule has 1 aromatic rings. The number of halogens is 1. The molecule has 1 saturated carbocycles. The van der Waals surface area contributed by atoms with Gasteiger partial charge in [0.25, 0.3) is 0 Å². The number of methoxy groups -OCH3 is 1. The molecule has 0 aliphatic heterocycles. The molecule has 14 heavy (non-hydrogen) atoms. The molecule has 1 aliphatic rings. The van der Waals surface area contributed by atoms with Crippen LogP contribution in [0.4, 0.5) is 4.39 Å². The zero-order valence-electron chi connectivity index (χ0n) is 8.16. The van der Waals surface area contributed by atoms with Crippen LogP contribution in [-0.2, 0) is 0 Å². The van der Waals surface area contributed by atoms with Crippen molar-refractivity contribution in [3.63, 3.8) is 0 Å². The summed E-state index contributed by atoms with van der Waals surface area (Å²) in [5.74, 6) is 0.421. The van der Waals surface area contributed by atoms with Crippen molar-refractivity contribution in [1.29, 1.82) is 0 Å². The molecular formula is C11H14FNO. The van der Waals surface area contributed by atoms with E-state index >= 15 is 0 Å². The van der Waals surface area contributed by atoms with Gasteiger partial charge in [0.2, 0.25) is 0 Å². The van der Waals surface area contributed by atoms with Gasteiger partial charge in [0.1, 0.15) is 0 Å². The van der Waals surface area contributed by atoms with E-state index in [2.05, 4.69) is 0 Å². The second-order valence-electron chi connectivity index (χ2n) is 3.73. The standard InChI is InChI=1S/C11H14FNO/c1-14-9-4-2-3-8(10(9)12)11(13)7-5-6-7/h2-4,7,11H,5-6,13H2,1H3. The van der Waals surface area contributed by atoms with Gasteiger partial charge < -0.3 is 10.5 Å². The fourth-order valence-electron chi connectivity index (χ4n) is 1.65. The average molecular weight is 195 g/mol. The molecule has 0 bridgehead atoms. The molecule has 76 valence electrons. The van der Waals surface area contributed by atoms with Crippen molar-refractivity contribution in [2.45, 2.75) is 18.9 Å². The predicted octanol–water partition coefficient (Wildman–Crippen LogP) is 2.24. The highest BCUT2D eigenvalue weighted by atomic mass is 19.1. The summed E-state index contributed by atoms with van der Waals surface area (Å²) in [5.41, 5.74) is 6.50. The Morgan fingerprint density at radius 1 is 1.50 bits per heavy atom. The van der Waals surface area contributed by atoms with Crippen LogP contribution in [0.5, 0.6) is 5.75 Å². The largest absolute Gasteiger partial charge is 0.494 e. The van der Waals surface area contributed by atoms with E-state index in [9.17, 15) is 4.39 Å². The molecule has 2 nitrogen and oxygen atoms in total. The van der Waals surface area contributed by atoms with Gasteiger partial charge in [-0.1, -0.05) is 12.1 Å². The highest BCUT2D eigenvalue weighted by molar-refractivity contribution is 5.33.